The van der Waals surface area contributed by atoms with Crippen LogP contribution in [-0.2, 0) is 11.8 Å². The van der Waals surface area contributed by atoms with Crippen LogP contribution < -0.4 is 5.32 Å². The van der Waals surface area contributed by atoms with Crippen LogP contribution in [0.25, 0.3) is 22.2 Å². The summed E-state index contributed by atoms with van der Waals surface area (Å²) in [6, 6.07) is 9.56. The van der Waals surface area contributed by atoms with E-state index in [4.69, 9.17) is 4.74 Å². The molecule has 210 valence electrons. The molecule has 0 atom stereocenters. The van der Waals surface area contributed by atoms with E-state index in [2.05, 4.69) is 39.2 Å². The average molecular weight is 546 g/mol. The number of aryl methyl sites for hydroxylation is 1. The highest BCUT2D eigenvalue weighted by Gasteiger charge is 2.27. The van der Waals surface area contributed by atoms with Gasteiger partial charge in [0.1, 0.15) is 17.1 Å². The highest BCUT2D eigenvalue weighted by atomic mass is 19.1. The number of halogens is 1. The van der Waals surface area contributed by atoms with E-state index in [1.807, 2.05) is 69.0 Å². The number of anilines is 2. The van der Waals surface area contributed by atoms with Crippen molar-refractivity contribution in [1.29, 1.82) is 0 Å². The van der Waals surface area contributed by atoms with E-state index in [0.29, 0.717) is 30.4 Å². The van der Waals surface area contributed by atoms with Crippen LogP contribution in [0.1, 0.15) is 70.6 Å². The summed E-state index contributed by atoms with van der Waals surface area (Å²) in [6.45, 7) is 11.1. The quantitative estimate of drug-likeness (QED) is 0.304. The van der Waals surface area contributed by atoms with Gasteiger partial charge in [-0.05, 0) is 69.2 Å². The predicted octanol–water partition coefficient (Wildman–Crippen LogP) is 6.55. The van der Waals surface area contributed by atoms with E-state index in [1.165, 1.54) is 6.20 Å². The first kappa shape index (κ1) is 27.5. The number of ether oxygens (including phenoxy) is 1. The van der Waals surface area contributed by atoms with Crippen molar-refractivity contribution >= 4 is 28.8 Å². The van der Waals surface area contributed by atoms with Gasteiger partial charge >= 0.3 is 6.09 Å². The Morgan fingerprint density at radius 2 is 1.85 bits per heavy atom. The summed E-state index contributed by atoms with van der Waals surface area (Å²) in [5.74, 6) is 0.909. The molecule has 4 aromatic rings. The van der Waals surface area contributed by atoms with Gasteiger partial charge in [-0.25, -0.2) is 24.1 Å². The Kier molecular flexibility index (Phi) is 7.44. The van der Waals surface area contributed by atoms with Crippen molar-refractivity contribution in [3.05, 3.63) is 59.8 Å². The van der Waals surface area contributed by atoms with Crippen LogP contribution in [0.2, 0.25) is 0 Å². The molecular weight excluding hydrogens is 509 g/mol. The van der Waals surface area contributed by atoms with E-state index in [-0.39, 0.29) is 23.7 Å². The van der Waals surface area contributed by atoms with E-state index >= 15 is 0 Å². The van der Waals surface area contributed by atoms with Gasteiger partial charge in [0.2, 0.25) is 5.95 Å². The number of benzene rings is 1. The maximum Gasteiger partial charge on any atom is 0.410 e. The smallest absolute Gasteiger partial charge is 0.410 e. The number of aromatic nitrogens is 5. The normalized spacial score (nSPS) is 14.7. The summed E-state index contributed by atoms with van der Waals surface area (Å²) in [4.78, 5) is 27.3. The minimum atomic E-state index is -0.500. The zero-order chi connectivity index (χ0) is 28.6. The topological polar surface area (TPSA) is 98.1 Å². The minimum Gasteiger partial charge on any atom is -0.444 e. The Bertz CT molecular complexity index is 1520. The fraction of sp³-hybridized carbons (Fsp3) is 0.433. The van der Waals surface area contributed by atoms with Crippen LogP contribution in [0, 0.1) is 5.82 Å². The molecule has 1 aliphatic heterocycles. The first-order valence-electron chi connectivity index (χ1n) is 13.7. The molecule has 0 spiro atoms. The van der Waals surface area contributed by atoms with Crippen LogP contribution in [0.5, 0.6) is 0 Å². The number of fused-ring (bicyclic) bond motifs is 1. The zero-order valence-electron chi connectivity index (χ0n) is 23.9. The van der Waals surface area contributed by atoms with Crippen molar-refractivity contribution in [2.24, 2.45) is 7.05 Å². The number of hydrogen-bond acceptors (Lipinski definition) is 7. The molecule has 3 aromatic heterocycles. The summed E-state index contributed by atoms with van der Waals surface area (Å²) in [5, 5.41) is 8.66. The molecule has 1 N–H and O–H groups in total. The predicted molar refractivity (Wildman–Crippen MR) is 153 cm³/mol. The number of nitrogens with one attached hydrogen (secondary N) is 1. The third-order valence-electron chi connectivity index (χ3n) is 7.09. The summed E-state index contributed by atoms with van der Waals surface area (Å²) in [5.41, 5.74) is 3.44. The molecule has 0 bridgehead atoms. The molecule has 1 aliphatic rings. The van der Waals surface area contributed by atoms with Crippen molar-refractivity contribution in [2.75, 3.05) is 18.4 Å². The number of carbonyl (C=O) groups is 1. The number of nitrogens with zero attached hydrogens (tertiary/aromatic N) is 6. The van der Waals surface area contributed by atoms with Crippen molar-refractivity contribution in [1.82, 2.24) is 29.6 Å². The van der Waals surface area contributed by atoms with Crippen LogP contribution in [0.3, 0.4) is 0 Å². The van der Waals surface area contributed by atoms with Gasteiger partial charge in [0.25, 0.3) is 0 Å². The average Bonchev–Trinajstić information content (AvgIpc) is 3.24. The molecule has 1 aromatic carbocycles. The van der Waals surface area contributed by atoms with E-state index < -0.39 is 11.4 Å². The standard InChI is InChI=1S/C30H36FN7O2/c1-18(2)27-22-15-20(7-9-24(22)36-37(27)6)26-23(31)17-33-28(35-26)34-25-10-8-21(16-32-25)19-11-13-38(14-12-19)29(39)40-30(3,4)5/h7-10,15-19H,11-14H2,1-6H3,(H,32,33,34,35). The second-order valence-corrected chi connectivity index (χ2v) is 11.6. The molecule has 0 unspecified atom stereocenters. The molecule has 10 heteroatoms. The zero-order valence-corrected chi connectivity index (χ0v) is 23.9. The van der Waals surface area contributed by atoms with Crippen LogP contribution >= 0.6 is 0 Å². The summed E-state index contributed by atoms with van der Waals surface area (Å²) >= 11 is 0. The number of piperidine rings is 1. The Morgan fingerprint density at radius 1 is 1.10 bits per heavy atom. The van der Waals surface area contributed by atoms with Gasteiger partial charge < -0.3 is 15.0 Å². The van der Waals surface area contributed by atoms with Crippen molar-refractivity contribution < 1.29 is 13.9 Å². The molecule has 0 saturated carbocycles. The van der Waals surface area contributed by atoms with E-state index in [0.717, 1.165) is 35.0 Å². The second kappa shape index (κ2) is 10.8. The van der Waals surface area contributed by atoms with Gasteiger partial charge in [-0.15, -0.1) is 0 Å². The van der Waals surface area contributed by atoms with Crippen LogP contribution in [0.4, 0.5) is 21.0 Å². The Labute approximate surface area is 233 Å². The molecule has 1 fully saturated rings. The lowest BCUT2D eigenvalue weighted by Crippen LogP contribution is -2.41. The number of rotatable bonds is 5. The van der Waals surface area contributed by atoms with Gasteiger partial charge in [-0.3, -0.25) is 4.68 Å². The third-order valence-corrected chi connectivity index (χ3v) is 7.09. The Hall–Kier alpha value is -4.08. The Morgan fingerprint density at radius 3 is 2.50 bits per heavy atom. The lowest BCUT2D eigenvalue weighted by molar-refractivity contribution is 0.0205. The Balaban J connectivity index is 1.28. The lowest BCUT2D eigenvalue weighted by atomic mass is 9.90. The number of likely N-dealkylation sites (tertiary alicyclic amines) is 1. The monoisotopic (exact) mass is 545 g/mol. The fourth-order valence-corrected chi connectivity index (χ4v) is 5.24. The molecule has 1 amide bonds. The van der Waals surface area contributed by atoms with E-state index in [1.54, 1.807) is 4.90 Å². The fourth-order valence-electron chi connectivity index (χ4n) is 5.24. The van der Waals surface area contributed by atoms with Crippen molar-refractivity contribution in [3.8, 4) is 11.3 Å². The van der Waals surface area contributed by atoms with Gasteiger partial charge in [0.15, 0.2) is 5.82 Å². The highest BCUT2D eigenvalue weighted by Crippen LogP contribution is 2.31. The molecule has 0 aliphatic carbocycles. The second-order valence-electron chi connectivity index (χ2n) is 11.6. The van der Waals surface area contributed by atoms with Crippen molar-refractivity contribution in [2.45, 2.75) is 64.9 Å². The van der Waals surface area contributed by atoms with Crippen molar-refractivity contribution in [3.63, 3.8) is 0 Å². The number of amides is 1. The first-order chi connectivity index (χ1) is 19.0. The van der Waals surface area contributed by atoms with Crippen LogP contribution in [-0.4, -0.2) is 54.4 Å². The SMILES string of the molecule is CC(C)c1c2cc(-c3nc(Nc4ccc(C5CCN(C(=O)OC(C)(C)C)CC5)cn4)ncc3F)ccc2nn1C. The maximum atomic E-state index is 14.9. The molecule has 4 heterocycles. The molecule has 0 radical (unpaired) electrons. The summed E-state index contributed by atoms with van der Waals surface area (Å²) in [6.07, 6.45) is 4.44. The molecular formula is C30H36FN7O2. The maximum absolute atomic E-state index is 14.9. The van der Waals surface area contributed by atoms with Gasteiger partial charge in [0.05, 0.1) is 11.7 Å². The van der Waals surface area contributed by atoms with Gasteiger partial charge in [-0.2, -0.15) is 5.10 Å². The van der Waals surface area contributed by atoms with Crippen LogP contribution in [0.15, 0.2) is 42.7 Å². The number of carbonyl (C=O) groups excluding carboxylic acids is 1. The first-order valence-corrected chi connectivity index (χ1v) is 13.7. The molecule has 5 rings (SSSR count). The van der Waals surface area contributed by atoms with E-state index in [9.17, 15) is 9.18 Å². The number of hydrogen-bond donors (Lipinski definition) is 1. The summed E-state index contributed by atoms with van der Waals surface area (Å²) in [7, 11) is 1.92. The number of pyridine rings is 1. The molecule has 40 heavy (non-hydrogen) atoms. The van der Waals surface area contributed by atoms with Gasteiger partial charge in [0, 0.05) is 43.0 Å². The summed E-state index contributed by atoms with van der Waals surface area (Å²) < 4.78 is 22.2. The highest BCUT2D eigenvalue weighted by molar-refractivity contribution is 5.87. The lowest BCUT2D eigenvalue weighted by Gasteiger charge is -2.33. The molecule has 1 saturated heterocycles. The largest absolute Gasteiger partial charge is 0.444 e. The minimum absolute atomic E-state index is 0.214. The molecule has 9 nitrogen and oxygen atoms in total. The third kappa shape index (κ3) is 5.90. The van der Waals surface area contributed by atoms with Gasteiger partial charge in [-0.1, -0.05) is 26.0 Å².